The fraction of sp³-hybridized carbons (Fsp3) is 0.600. The third kappa shape index (κ3) is 5.53. The SMILES string of the molecule is CC=C(C)C(Cl)=CP(=O)(OCC)OCC. The van der Waals surface area contributed by atoms with E-state index in [9.17, 15) is 4.57 Å². The molecule has 15 heavy (non-hydrogen) atoms. The largest absolute Gasteiger partial charge is 0.355 e. The lowest BCUT2D eigenvalue weighted by Gasteiger charge is -2.13. The summed E-state index contributed by atoms with van der Waals surface area (Å²) < 4.78 is 22.2. The highest BCUT2D eigenvalue weighted by atomic mass is 35.5. The highest BCUT2D eigenvalue weighted by Crippen LogP contribution is 2.51. The van der Waals surface area contributed by atoms with Crippen LogP contribution in [0.1, 0.15) is 27.7 Å². The Bertz CT molecular complexity index is 287. The van der Waals surface area contributed by atoms with Gasteiger partial charge < -0.3 is 9.05 Å². The molecule has 0 heterocycles. The number of allylic oxidation sites excluding steroid dienone is 3. The lowest BCUT2D eigenvalue weighted by Crippen LogP contribution is -1.93. The normalized spacial score (nSPS) is 14.5. The van der Waals surface area contributed by atoms with E-state index in [0.717, 1.165) is 5.57 Å². The van der Waals surface area contributed by atoms with Crippen LogP contribution in [0.4, 0.5) is 0 Å². The fourth-order valence-electron chi connectivity index (χ4n) is 0.850. The Kier molecular flexibility index (Phi) is 7.20. The zero-order chi connectivity index (χ0) is 11.9. The molecule has 5 heteroatoms. The van der Waals surface area contributed by atoms with Crippen molar-refractivity contribution in [1.82, 2.24) is 0 Å². The van der Waals surface area contributed by atoms with Crippen molar-refractivity contribution < 1.29 is 13.6 Å². The third-order valence-electron chi connectivity index (χ3n) is 1.70. The van der Waals surface area contributed by atoms with Crippen molar-refractivity contribution in [1.29, 1.82) is 0 Å². The van der Waals surface area contributed by atoms with E-state index in [-0.39, 0.29) is 0 Å². The van der Waals surface area contributed by atoms with E-state index in [0.29, 0.717) is 18.2 Å². The molecule has 0 atom stereocenters. The summed E-state index contributed by atoms with van der Waals surface area (Å²) in [5.41, 5.74) is 0.844. The van der Waals surface area contributed by atoms with Gasteiger partial charge in [0.1, 0.15) is 0 Å². The number of hydrogen-bond donors (Lipinski definition) is 0. The molecular weight excluding hydrogens is 235 g/mol. The quantitative estimate of drug-likeness (QED) is 0.522. The van der Waals surface area contributed by atoms with Crippen LogP contribution in [0.2, 0.25) is 0 Å². The van der Waals surface area contributed by atoms with E-state index in [4.69, 9.17) is 20.6 Å². The van der Waals surface area contributed by atoms with Crippen molar-refractivity contribution in [2.75, 3.05) is 13.2 Å². The minimum Gasteiger partial charge on any atom is -0.306 e. The van der Waals surface area contributed by atoms with E-state index < -0.39 is 7.60 Å². The van der Waals surface area contributed by atoms with Gasteiger partial charge in [-0.05, 0) is 33.3 Å². The van der Waals surface area contributed by atoms with Crippen LogP contribution in [0.5, 0.6) is 0 Å². The second-order valence-corrected chi connectivity index (χ2v) is 5.09. The predicted octanol–water partition coefficient (Wildman–Crippen LogP) is 4.30. The standard InChI is InChI=1S/C10H18ClO3P/c1-5-9(4)10(11)8-15(12,13-6-2)14-7-3/h5,8H,6-7H2,1-4H3. The molecule has 0 aliphatic carbocycles. The smallest absolute Gasteiger partial charge is 0.306 e. The van der Waals surface area contributed by atoms with E-state index in [2.05, 4.69) is 0 Å². The molecule has 0 aliphatic rings. The molecule has 0 bridgehead atoms. The second-order valence-electron chi connectivity index (χ2n) is 2.82. The molecule has 0 aromatic heterocycles. The van der Waals surface area contributed by atoms with Gasteiger partial charge in [0.25, 0.3) is 0 Å². The van der Waals surface area contributed by atoms with Gasteiger partial charge in [-0.2, -0.15) is 0 Å². The number of hydrogen-bond acceptors (Lipinski definition) is 3. The zero-order valence-corrected chi connectivity index (χ0v) is 11.3. The van der Waals surface area contributed by atoms with E-state index in [1.54, 1.807) is 13.8 Å². The monoisotopic (exact) mass is 252 g/mol. The highest BCUT2D eigenvalue weighted by molar-refractivity contribution is 7.57. The first-order valence-electron chi connectivity index (χ1n) is 4.89. The van der Waals surface area contributed by atoms with Gasteiger partial charge in [0.2, 0.25) is 0 Å². The van der Waals surface area contributed by atoms with Crippen molar-refractivity contribution in [2.24, 2.45) is 0 Å². The van der Waals surface area contributed by atoms with Crippen LogP contribution in [0, 0.1) is 0 Å². The second kappa shape index (κ2) is 7.24. The van der Waals surface area contributed by atoms with Gasteiger partial charge in [0.15, 0.2) is 0 Å². The molecule has 0 unspecified atom stereocenters. The summed E-state index contributed by atoms with van der Waals surface area (Å²) >= 11 is 5.95. The molecule has 88 valence electrons. The van der Waals surface area contributed by atoms with Gasteiger partial charge in [-0.3, -0.25) is 4.57 Å². The Morgan fingerprint density at radius 1 is 1.33 bits per heavy atom. The zero-order valence-electron chi connectivity index (χ0n) is 9.62. The predicted molar refractivity (Wildman–Crippen MR) is 64.2 cm³/mol. The van der Waals surface area contributed by atoms with Crippen LogP contribution in [-0.2, 0) is 13.6 Å². The summed E-state index contributed by atoms with van der Waals surface area (Å²) in [5, 5.41) is 0.405. The molecule has 0 aromatic carbocycles. The maximum atomic E-state index is 12.0. The van der Waals surface area contributed by atoms with Gasteiger partial charge in [-0.15, -0.1) is 0 Å². The summed E-state index contributed by atoms with van der Waals surface area (Å²) in [6, 6.07) is 0. The first kappa shape index (κ1) is 14.9. The van der Waals surface area contributed by atoms with Crippen molar-refractivity contribution in [2.45, 2.75) is 27.7 Å². The molecule has 0 aromatic rings. The lowest BCUT2D eigenvalue weighted by atomic mass is 10.3. The average Bonchev–Trinajstić information content (AvgIpc) is 2.16. The van der Waals surface area contributed by atoms with Gasteiger partial charge in [0, 0.05) is 5.82 Å². The minimum atomic E-state index is -3.18. The van der Waals surface area contributed by atoms with Crippen LogP contribution < -0.4 is 0 Å². The Balaban J connectivity index is 4.88. The lowest BCUT2D eigenvalue weighted by molar-refractivity contribution is 0.229. The molecule has 0 radical (unpaired) electrons. The minimum absolute atomic E-state index is 0.326. The Morgan fingerprint density at radius 2 is 1.80 bits per heavy atom. The summed E-state index contributed by atoms with van der Waals surface area (Å²) in [7, 11) is -3.18. The first-order valence-corrected chi connectivity index (χ1v) is 6.88. The van der Waals surface area contributed by atoms with Gasteiger partial charge in [0.05, 0.1) is 18.2 Å². The molecule has 0 N–H and O–H groups in total. The summed E-state index contributed by atoms with van der Waals surface area (Å²) in [6.45, 7) is 7.87. The van der Waals surface area contributed by atoms with Crippen LogP contribution in [0.3, 0.4) is 0 Å². The Hall–Kier alpha value is -0.0800. The molecule has 0 aliphatic heterocycles. The van der Waals surface area contributed by atoms with Crippen molar-refractivity contribution in [3.63, 3.8) is 0 Å². The van der Waals surface area contributed by atoms with Crippen molar-refractivity contribution in [3.05, 3.63) is 22.5 Å². The van der Waals surface area contributed by atoms with Crippen LogP contribution in [-0.4, -0.2) is 13.2 Å². The molecule has 3 nitrogen and oxygen atoms in total. The molecule has 0 fully saturated rings. The first-order chi connectivity index (χ1) is 6.99. The third-order valence-corrected chi connectivity index (χ3v) is 4.07. The number of halogens is 1. The molecule has 0 spiro atoms. The fourth-order valence-corrected chi connectivity index (χ4v) is 2.74. The van der Waals surface area contributed by atoms with Crippen molar-refractivity contribution in [3.8, 4) is 0 Å². The van der Waals surface area contributed by atoms with E-state index in [1.807, 2.05) is 19.9 Å². The summed E-state index contributed by atoms with van der Waals surface area (Å²) in [6.07, 6.45) is 1.83. The van der Waals surface area contributed by atoms with Gasteiger partial charge in [-0.25, -0.2) is 0 Å². The van der Waals surface area contributed by atoms with Crippen LogP contribution >= 0.6 is 19.2 Å². The maximum absolute atomic E-state index is 12.0. The van der Waals surface area contributed by atoms with Crippen LogP contribution in [0.15, 0.2) is 22.5 Å². The number of rotatable bonds is 6. The molecular formula is C10H18ClO3P. The van der Waals surface area contributed by atoms with Gasteiger partial charge >= 0.3 is 7.60 Å². The molecule has 0 amide bonds. The Labute approximate surface area is 96.6 Å². The molecule has 0 rings (SSSR count). The topological polar surface area (TPSA) is 35.5 Å². The van der Waals surface area contributed by atoms with E-state index >= 15 is 0 Å². The van der Waals surface area contributed by atoms with Crippen LogP contribution in [0.25, 0.3) is 0 Å². The van der Waals surface area contributed by atoms with Gasteiger partial charge in [-0.1, -0.05) is 17.7 Å². The highest BCUT2D eigenvalue weighted by Gasteiger charge is 2.21. The van der Waals surface area contributed by atoms with Crippen molar-refractivity contribution >= 4 is 19.2 Å². The summed E-state index contributed by atoms with van der Waals surface area (Å²) in [5.74, 6) is 1.36. The van der Waals surface area contributed by atoms with E-state index in [1.165, 1.54) is 5.82 Å². The maximum Gasteiger partial charge on any atom is 0.355 e. The Morgan fingerprint density at radius 3 is 2.13 bits per heavy atom. The molecule has 0 saturated heterocycles. The molecule has 0 saturated carbocycles. The average molecular weight is 253 g/mol. The summed E-state index contributed by atoms with van der Waals surface area (Å²) in [4.78, 5) is 0.